The molecule has 5 rings (SSSR count). The van der Waals surface area contributed by atoms with E-state index >= 15 is 0 Å². The molecule has 41 heavy (non-hydrogen) atoms. The largest absolute Gasteiger partial charge is 0.456 e. The average Bonchev–Trinajstić information content (AvgIpc) is 3.12. The molecule has 8 nitrogen and oxygen atoms in total. The highest BCUT2D eigenvalue weighted by Gasteiger charge is 2.30. The van der Waals surface area contributed by atoms with Crippen LogP contribution in [0.25, 0.3) is 0 Å². The second-order valence-electron chi connectivity index (χ2n) is 10.6. The van der Waals surface area contributed by atoms with Gasteiger partial charge >= 0.3 is 5.97 Å². The van der Waals surface area contributed by atoms with Gasteiger partial charge in [0, 0.05) is 60.1 Å². The lowest BCUT2D eigenvalue weighted by Crippen LogP contribution is -2.45. The Morgan fingerprint density at radius 3 is 2.49 bits per heavy atom. The second kappa shape index (κ2) is 12.9. The molecule has 1 saturated heterocycles. The zero-order valence-electron chi connectivity index (χ0n) is 23.4. The van der Waals surface area contributed by atoms with Gasteiger partial charge in [-0.15, -0.1) is 0 Å². The van der Waals surface area contributed by atoms with Crippen LogP contribution in [0, 0.1) is 13.8 Å². The maximum absolute atomic E-state index is 13.9. The fourth-order valence-electron chi connectivity index (χ4n) is 5.47. The zero-order valence-corrected chi connectivity index (χ0v) is 24.2. The van der Waals surface area contributed by atoms with Gasteiger partial charge in [0.25, 0.3) is 11.8 Å². The molecule has 1 fully saturated rings. The summed E-state index contributed by atoms with van der Waals surface area (Å²) >= 11 is 6.38. The number of ether oxygens (including phenoxy) is 1. The smallest absolute Gasteiger partial charge is 0.320 e. The lowest BCUT2D eigenvalue weighted by atomic mass is 10.0. The van der Waals surface area contributed by atoms with Gasteiger partial charge in [0.1, 0.15) is 6.10 Å². The number of amides is 2. The number of hydrogen-bond donors (Lipinski definition) is 2. The molecule has 2 aliphatic rings. The van der Waals surface area contributed by atoms with E-state index in [2.05, 4.69) is 15.5 Å². The number of benzene rings is 3. The van der Waals surface area contributed by atoms with Crippen LogP contribution in [0.5, 0.6) is 0 Å². The van der Waals surface area contributed by atoms with Crippen molar-refractivity contribution in [2.24, 2.45) is 0 Å². The average molecular weight is 575 g/mol. The molecule has 0 aliphatic carbocycles. The standard InChI is InChI=1S/C32H35ClN4O4/c1-21-6-3-4-7-25(21)31(39)35-24-10-11-26(22(2)18-24)32(40)37-15-5-8-29(27-19-23(33)9-12-28(27)37)41-30(38)20-36-16-13-34-14-17-36/h3-4,6-7,9-12,18-19,29,34H,5,8,13-17,20H2,1-2H3,(H,35,39). The van der Waals surface area contributed by atoms with E-state index in [1.165, 1.54) is 0 Å². The summed E-state index contributed by atoms with van der Waals surface area (Å²) in [6, 6.07) is 18.1. The topological polar surface area (TPSA) is 91.0 Å². The minimum absolute atomic E-state index is 0.157. The predicted molar refractivity (Wildman–Crippen MR) is 161 cm³/mol. The number of carbonyl (C=O) groups excluding carboxylic acids is 3. The number of esters is 1. The molecule has 1 atom stereocenters. The number of hydrogen-bond acceptors (Lipinski definition) is 6. The van der Waals surface area contributed by atoms with Crippen LogP contribution in [0.4, 0.5) is 11.4 Å². The van der Waals surface area contributed by atoms with Crippen LogP contribution in [0.1, 0.15) is 56.4 Å². The summed E-state index contributed by atoms with van der Waals surface area (Å²) < 4.78 is 5.97. The molecule has 2 aliphatic heterocycles. The van der Waals surface area contributed by atoms with Gasteiger partial charge in [-0.05, 0) is 80.3 Å². The molecule has 1 unspecified atom stereocenters. The Morgan fingerprint density at radius 2 is 1.73 bits per heavy atom. The van der Waals surface area contributed by atoms with Gasteiger partial charge in [-0.25, -0.2) is 0 Å². The van der Waals surface area contributed by atoms with Crippen LogP contribution in [0.3, 0.4) is 0 Å². The van der Waals surface area contributed by atoms with E-state index in [0.717, 1.165) is 42.9 Å². The van der Waals surface area contributed by atoms with Gasteiger partial charge in [0.2, 0.25) is 0 Å². The number of anilines is 2. The third kappa shape index (κ3) is 6.78. The van der Waals surface area contributed by atoms with E-state index in [4.69, 9.17) is 16.3 Å². The van der Waals surface area contributed by atoms with Crippen LogP contribution in [-0.4, -0.2) is 62.0 Å². The summed E-state index contributed by atoms with van der Waals surface area (Å²) in [7, 11) is 0. The molecule has 9 heteroatoms. The fraction of sp³-hybridized carbons (Fsp3) is 0.344. The molecule has 0 saturated carbocycles. The van der Waals surface area contributed by atoms with Gasteiger partial charge in [-0.1, -0.05) is 29.8 Å². The number of piperazine rings is 1. The number of aryl methyl sites for hydroxylation is 2. The van der Waals surface area contributed by atoms with Gasteiger partial charge in [-0.2, -0.15) is 0 Å². The summed E-state index contributed by atoms with van der Waals surface area (Å²) in [6.45, 7) is 7.78. The molecule has 2 heterocycles. The maximum atomic E-state index is 13.9. The molecule has 3 aromatic carbocycles. The highest BCUT2D eigenvalue weighted by atomic mass is 35.5. The quantitative estimate of drug-likeness (QED) is 0.396. The lowest BCUT2D eigenvalue weighted by molar-refractivity contribution is -0.151. The van der Waals surface area contributed by atoms with Crippen molar-refractivity contribution in [1.82, 2.24) is 10.2 Å². The Kier molecular flexibility index (Phi) is 9.03. The van der Waals surface area contributed by atoms with Crippen molar-refractivity contribution in [3.8, 4) is 0 Å². The Morgan fingerprint density at radius 1 is 0.951 bits per heavy atom. The maximum Gasteiger partial charge on any atom is 0.320 e. The third-order valence-corrected chi connectivity index (χ3v) is 7.90. The van der Waals surface area contributed by atoms with Crippen molar-refractivity contribution in [1.29, 1.82) is 0 Å². The van der Waals surface area contributed by atoms with Crippen LogP contribution in [0.2, 0.25) is 5.02 Å². The van der Waals surface area contributed by atoms with Gasteiger partial charge in [0.15, 0.2) is 0 Å². The van der Waals surface area contributed by atoms with Crippen LogP contribution < -0.4 is 15.5 Å². The van der Waals surface area contributed by atoms with E-state index < -0.39 is 6.10 Å². The van der Waals surface area contributed by atoms with Crippen molar-refractivity contribution < 1.29 is 19.1 Å². The summed E-state index contributed by atoms with van der Waals surface area (Å²) in [5, 5.41) is 6.74. The summed E-state index contributed by atoms with van der Waals surface area (Å²) in [6.07, 6.45) is 0.762. The molecule has 214 valence electrons. The van der Waals surface area contributed by atoms with E-state index in [0.29, 0.717) is 46.9 Å². The first-order valence-electron chi connectivity index (χ1n) is 14.0. The normalized spacial score (nSPS) is 17.3. The number of rotatable bonds is 6. The van der Waals surface area contributed by atoms with Gasteiger partial charge < -0.3 is 20.3 Å². The lowest BCUT2D eigenvalue weighted by Gasteiger charge is -2.28. The minimum Gasteiger partial charge on any atom is -0.456 e. The van der Waals surface area contributed by atoms with Crippen molar-refractivity contribution >= 4 is 40.8 Å². The summed E-state index contributed by atoms with van der Waals surface area (Å²) in [4.78, 5) is 43.4. The molecular formula is C32H35ClN4O4. The number of nitrogens with one attached hydrogen (secondary N) is 2. The number of nitrogens with zero attached hydrogens (tertiary/aromatic N) is 2. The SMILES string of the molecule is Cc1ccccc1C(=O)Nc1ccc(C(=O)N2CCCC(OC(=O)CN3CCNCC3)c3cc(Cl)ccc32)c(C)c1. The first-order chi connectivity index (χ1) is 19.8. The Hall–Kier alpha value is -3.72. The predicted octanol–water partition coefficient (Wildman–Crippen LogP) is 5.14. The van der Waals surface area contributed by atoms with Crippen LogP contribution >= 0.6 is 11.6 Å². The van der Waals surface area contributed by atoms with E-state index in [-0.39, 0.29) is 24.3 Å². The zero-order chi connectivity index (χ0) is 28.9. The molecule has 2 N–H and O–H groups in total. The number of halogens is 1. The molecule has 0 bridgehead atoms. The monoisotopic (exact) mass is 574 g/mol. The van der Waals surface area contributed by atoms with Crippen molar-refractivity contribution in [2.75, 3.05) is 49.5 Å². The number of carbonyl (C=O) groups is 3. The molecule has 0 spiro atoms. The summed E-state index contributed by atoms with van der Waals surface area (Å²) in [5.41, 5.74) is 4.82. The van der Waals surface area contributed by atoms with Gasteiger partial charge in [0.05, 0.1) is 12.2 Å². The molecule has 2 amide bonds. The number of fused-ring (bicyclic) bond motifs is 1. The molecule has 0 radical (unpaired) electrons. The van der Waals surface area contributed by atoms with Crippen LogP contribution in [-0.2, 0) is 9.53 Å². The van der Waals surface area contributed by atoms with Crippen molar-refractivity contribution in [3.63, 3.8) is 0 Å². The first-order valence-corrected chi connectivity index (χ1v) is 14.4. The summed E-state index contributed by atoms with van der Waals surface area (Å²) in [5.74, 6) is -0.630. The Balaban J connectivity index is 1.34. The van der Waals surface area contributed by atoms with E-state index in [9.17, 15) is 14.4 Å². The molecule has 3 aromatic rings. The molecule has 0 aromatic heterocycles. The van der Waals surface area contributed by atoms with E-state index in [1.807, 2.05) is 44.2 Å². The first kappa shape index (κ1) is 28.8. The minimum atomic E-state index is -0.489. The highest BCUT2D eigenvalue weighted by Crippen LogP contribution is 2.38. The Bertz CT molecular complexity index is 1450. The fourth-order valence-corrected chi connectivity index (χ4v) is 5.65. The van der Waals surface area contributed by atoms with Gasteiger partial charge in [-0.3, -0.25) is 19.3 Å². The molecular weight excluding hydrogens is 540 g/mol. The highest BCUT2D eigenvalue weighted by molar-refractivity contribution is 6.30. The third-order valence-electron chi connectivity index (χ3n) is 7.66. The Labute approximate surface area is 245 Å². The van der Waals surface area contributed by atoms with Crippen LogP contribution in [0.15, 0.2) is 60.7 Å². The second-order valence-corrected chi connectivity index (χ2v) is 11.0. The van der Waals surface area contributed by atoms with Crippen molar-refractivity contribution in [3.05, 3.63) is 93.5 Å². The van der Waals surface area contributed by atoms with Crippen molar-refractivity contribution in [2.45, 2.75) is 32.8 Å². The van der Waals surface area contributed by atoms with E-state index in [1.54, 1.807) is 35.2 Å².